The maximum absolute atomic E-state index is 12.6. The molecule has 0 spiro atoms. The minimum absolute atomic E-state index is 0.204. The summed E-state index contributed by atoms with van der Waals surface area (Å²) in [4.78, 5) is 12.9. The molecule has 0 aliphatic rings. The normalized spacial score (nSPS) is 11.7. The van der Waals surface area contributed by atoms with Gasteiger partial charge in [0.1, 0.15) is 6.54 Å². The van der Waals surface area contributed by atoms with Gasteiger partial charge in [0.05, 0.1) is 11.8 Å². The molecule has 0 fully saturated rings. The number of aromatic nitrogens is 4. The minimum atomic E-state index is -4.44. The zero-order chi connectivity index (χ0) is 19.3. The number of alkyl halides is 3. The van der Waals surface area contributed by atoms with Gasteiger partial charge in [-0.15, -0.1) is 10.2 Å². The Hall–Kier alpha value is -3.56. The van der Waals surface area contributed by atoms with Gasteiger partial charge in [-0.25, -0.2) is 5.43 Å². The van der Waals surface area contributed by atoms with Gasteiger partial charge in [0.25, 0.3) is 5.91 Å². The van der Waals surface area contributed by atoms with Crippen LogP contribution in [-0.2, 0) is 17.5 Å². The summed E-state index contributed by atoms with van der Waals surface area (Å²) in [5.41, 5.74) is 2.37. The Balaban J connectivity index is 1.57. The molecule has 3 aromatic rings. The maximum Gasteiger partial charge on any atom is 0.416 e. The largest absolute Gasteiger partial charge is 0.416 e. The SMILES string of the molecule is O=C(Cn1nnc(-c2ccccc2)n1)NN=Cc1cccc(C(F)(F)F)c1. The third-order valence-electron chi connectivity index (χ3n) is 3.39. The van der Waals surface area contributed by atoms with E-state index < -0.39 is 17.6 Å². The van der Waals surface area contributed by atoms with Gasteiger partial charge in [0.15, 0.2) is 0 Å². The number of halogens is 3. The smallest absolute Gasteiger partial charge is 0.271 e. The van der Waals surface area contributed by atoms with E-state index in [0.29, 0.717) is 5.82 Å². The van der Waals surface area contributed by atoms with Gasteiger partial charge < -0.3 is 0 Å². The van der Waals surface area contributed by atoms with E-state index in [0.717, 1.165) is 28.7 Å². The molecule has 1 N–H and O–H groups in total. The first-order valence-electron chi connectivity index (χ1n) is 7.74. The van der Waals surface area contributed by atoms with Crippen molar-refractivity contribution in [1.82, 2.24) is 25.6 Å². The van der Waals surface area contributed by atoms with Gasteiger partial charge in [0.2, 0.25) is 5.82 Å². The molecule has 0 bridgehead atoms. The Kier molecular flexibility index (Phi) is 5.25. The Morgan fingerprint density at radius 2 is 1.93 bits per heavy atom. The van der Waals surface area contributed by atoms with Crippen LogP contribution >= 0.6 is 0 Å². The van der Waals surface area contributed by atoms with Crippen LogP contribution in [0.1, 0.15) is 11.1 Å². The van der Waals surface area contributed by atoms with Crippen molar-refractivity contribution in [3.05, 3.63) is 65.7 Å². The highest BCUT2D eigenvalue weighted by atomic mass is 19.4. The van der Waals surface area contributed by atoms with Gasteiger partial charge in [-0.2, -0.15) is 23.1 Å². The number of carbonyl (C=O) groups is 1. The summed E-state index contributed by atoms with van der Waals surface area (Å²) < 4.78 is 37.9. The monoisotopic (exact) mass is 374 g/mol. The summed E-state index contributed by atoms with van der Waals surface area (Å²) in [7, 11) is 0. The number of tetrazole rings is 1. The molecule has 0 saturated heterocycles. The molecule has 2 aromatic carbocycles. The molecule has 3 rings (SSSR count). The Bertz CT molecular complexity index is 953. The quantitative estimate of drug-likeness (QED) is 0.549. The molecule has 1 amide bonds. The predicted octanol–water partition coefficient (Wildman–Crippen LogP) is 2.51. The number of nitrogens with zero attached hydrogens (tertiary/aromatic N) is 5. The van der Waals surface area contributed by atoms with Crippen molar-refractivity contribution in [2.75, 3.05) is 0 Å². The second-order valence-corrected chi connectivity index (χ2v) is 5.43. The third-order valence-corrected chi connectivity index (χ3v) is 3.39. The van der Waals surface area contributed by atoms with Crippen molar-refractivity contribution in [3.8, 4) is 11.4 Å². The molecule has 0 radical (unpaired) electrons. The Morgan fingerprint density at radius 1 is 1.15 bits per heavy atom. The van der Waals surface area contributed by atoms with Crippen LogP contribution in [-0.4, -0.2) is 32.3 Å². The summed E-state index contributed by atoms with van der Waals surface area (Å²) >= 11 is 0. The molecular weight excluding hydrogens is 361 g/mol. The lowest BCUT2D eigenvalue weighted by atomic mass is 10.1. The highest BCUT2D eigenvalue weighted by Crippen LogP contribution is 2.29. The fraction of sp³-hybridized carbons (Fsp3) is 0.118. The number of rotatable bonds is 5. The minimum Gasteiger partial charge on any atom is -0.271 e. The number of hydrogen-bond donors (Lipinski definition) is 1. The molecular formula is C17H13F3N6O. The van der Waals surface area contributed by atoms with Crippen LogP contribution in [0.4, 0.5) is 13.2 Å². The van der Waals surface area contributed by atoms with E-state index >= 15 is 0 Å². The van der Waals surface area contributed by atoms with Gasteiger partial charge in [-0.05, 0) is 22.9 Å². The molecule has 0 aliphatic carbocycles. The van der Waals surface area contributed by atoms with Crippen LogP contribution in [0.5, 0.6) is 0 Å². The molecule has 0 unspecified atom stereocenters. The molecule has 0 saturated carbocycles. The first-order chi connectivity index (χ1) is 12.9. The van der Waals surface area contributed by atoms with Crippen LogP contribution in [0, 0.1) is 0 Å². The number of nitrogens with one attached hydrogen (secondary N) is 1. The molecule has 10 heteroatoms. The molecule has 27 heavy (non-hydrogen) atoms. The average molecular weight is 374 g/mol. The summed E-state index contributed by atoms with van der Waals surface area (Å²) in [6.07, 6.45) is -3.32. The molecule has 1 aromatic heterocycles. The van der Waals surface area contributed by atoms with Crippen molar-refractivity contribution in [2.24, 2.45) is 5.10 Å². The first-order valence-corrected chi connectivity index (χ1v) is 7.74. The van der Waals surface area contributed by atoms with Crippen LogP contribution in [0.2, 0.25) is 0 Å². The van der Waals surface area contributed by atoms with Crippen LogP contribution < -0.4 is 5.43 Å². The van der Waals surface area contributed by atoms with Crippen molar-refractivity contribution in [2.45, 2.75) is 12.7 Å². The van der Waals surface area contributed by atoms with Crippen molar-refractivity contribution in [3.63, 3.8) is 0 Å². The second kappa shape index (κ2) is 7.77. The number of carbonyl (C=O) groups excluding carboxylic acids is 1. The van der Waals surface area contributed by atoms with Gasteiger partial charge in [-0.3, -0.25) is 4.79 Å². The fourth-order valence-corrected chi connectivity index (χ4v) is 2.15. The summed E-state index contributed by atoms with van der Waals surface area (Å²) in [6.45, 7) is -0.236. The second-order valence-electron chi connectivity index (χ2n) is 5.43. The fourth-order valence-electron chi connectivity index (χ4n) is 2.15. The van der Waals surface area contributed by atoms with Crippen LogP contribution in [0.3, 0.4) is 0 Å². The standard InChI is InChI=1S/C17H13F3N6O/c18-17(19,20)14-8-4-5-12(9-14)10-21-22-15(27)11-26-24-16(23-25-26)13-6-2-1-3-7-13/h1-10H,11H2,(H,22,27). The van der Waals surface area contributed by atoms with Gasteiger partial charge in [-0.1, -0.05) is 42.5 Å². The van der Waals surface area contributed by atoms with Gasteiger partial charge >= 0.3 is 6.18 Å². The summed E-state index contributed by atoms with van der Waals surface area (Å²) in [6, 6.07) is 13.7. The lowest BCUT2D eigenvalue weighted by molar-refractivity contribution is -0.137. The lowest BCUT2D eigenvalue weighted by Crippen LogP contribution is -2.24. The van der Waals surface area contributed by atoms with Gasteiger partial charge in [0, 0.05) is 5.56 Å². The average Bonchev–Trinajstić information content (AvgIpc) is 3.10. The number of hydrazone groups is 1. The number of benzene rings is 2. The summed E-state index contributed by atoms with van der Waals surface area (Å²) in [5.74, 6) is -0.175. The predicted molar refractivity (Wildman–Crippen MR) is 90.4 cm³/mol. The van der Waals surface area contributed by atoms with E-state index in [1.54, 1.807) is 12.1 Å². The van der Waals surface area contributed by atoms with Crippen molar-refractivity contribution >= 4 is 12.1 Å². The van der Waals surface area contributed by atoms with Crippen LogP contribution in [0.15, 0.2) is 59.7 Å². The molecule has 1 heterocycles. The van der Waals surface area contributed by atoms with Crippen LogP contribution in [0.25, 0.3) is 11.4 Å². The third kappa shape index (κ3) is 4.97. The van der Waals surface area contributed by atoms with E-state index in [1.807, 2.05) is 18.2 Å². The molecule has 0 atom stereocenters. The van der Waals surface area contributed by atoms with E-state index in [9.17, 15) is 18.0 Å². The highest BCUT2D eigenvalue weighted by Gasteiger charge is 2.30. The molecule has 138 valence electrons. The molecule has 0 aliphatic heterocycles. The van der Waals surface area contributed by atoms with Crippen molar-refractivity contribution < 1.29 is 18.0 Å². The first kappa shape index (κ1) is 18.2. The zero-order valence-electron chi connectivity index (χ0n) is 13.8. The van der Waals surface area contributed by atoms with E-state index in [2.05, 4.69) is 25.9 Å². The van der Waals surface area contributed by atoms with E-state index in [4.69, 9.17) is 0 Å². The van der Waals surface area contributed by atoms with Crippen molar-refractivity contribution in [1.29, 1.82) is 0 Å². The lowest BCUT2D eigenvalue weighted by Gasteiger charge is -2.06. The Labute approximate surface area is 151 Å². The Morgan fingerprint density at radius 3 is 2.67 bits per heavy atom. The summed E-state index contributed by atoms with van der Waals surface area (Å²) in [5, 5.41) is 15.4. The zero-order valence-corrected chi connectivity index (χ0v) is 13.8. The highest BCUT2D eigenvalue weighted by molar-refractivity contribution is 5.82. The topological polar surface area (TPSA) is 85.1 Å². The maximum atomic E-state index is 12.6. The van der Waals surface area contributed by atoms with E-state index in [-0.39, 0.29) is 12.1 Å². The number of amides is 1. The van der Waals surface area contributed by atoms with E-state index in [1.165, 1.54) is 12.1 Å². The number of hydrogen-bond acceptors (Lipinski definition) is 5. The molecule has 7 nitrogen and oxygen atoms in total.